The molecule has 2 aromatic rings. The Labute approximate surface area is 128 Å². The Balaban J connectivity index is 1.60. The fourth-order valence-corrected chi connectivity index (χ4v) is 3.38. The van der Waals surface area contributed by atoms with Crippen molar-refractivity contribution in [2.75, 3.05) is 31.1 Å². The van der Waals surface area contributed by atoms with Crippen LogP contribution in [0.2, 0.25) is 0 Å². The highest BCUT2D eigenvalue weighted by Gasteiger charge is 2.26. The van der Waals surface area contributed by atoms with Gasteiger partial charge in [0.15, 0.2) is 0 Å². The zero-order valence-corrected chi connectivity index (χ0v) is 12.6. The van der Waals surface area contributed by atoms with Crippen LogP contribution in [0, 0.1) is 0 Å². The number of carbonyl (C=O) groups excluding carboxylic acids is 1. The van der Waals surface area contributed by atoms with Crippen molar-refractivity contribution in [2.24, 2.45) is 5.73 Å². The summed E-state index contributed by atoms with van der Waals surface area (Å²) in [6, 6.07) is 13.2. The molecule has 2 heterocycles. The Morgan fingerprint density at radius 1 is 1.05 bits per heavy atom. The zero-order chi connectivity index (χ0) is 14.7. The Morgan fingerprint density at radius 3 is 2.38 bits per heavy atom. The van der Waals surface area contributed by atoms with E-state index in [9.17, 15) is 4.79 Å². The molecule has 0 spiro atoms. The molecule has 3 rings (SSSR count). The first kappa shape index (κ1) is 14.1. The maximum Gasteiger partial charge on any atom is 0.244 e. The number of amides is 1. The van der Waals surface area contributed by atoms with Crippen molar-refractivity contribution in [1.82, 2.24) is 4.90 Å². The average Bonchev–Trinajstić information content (AvgIpc) is 3.09. The minimum absolute atomic E-state index is 0.0204. The lowest BCUT2D eigenvalue weighted by Gasteiger charge is -2.36. The Kier molecular flexibility index (Phi) is 4.22. The third-order valence-electron chi connectivity index (χ3n) is 3.83. The topological polar surface area (TPSA) is 49.6 Å². The van der Waals surface area contributed by atoms with Crippen LogP contribution in [-0.4, -0.2) is 37.0 Å². The molecule has 5 heteroatoms. The standard InChI is InChI=1S/C16H19N3OS/c17-15(13-5-2-1-3-6-13)16(20)19-10-8-18(9-11-19)14-7-4-12-21-14/h1-7,12,15H,8-11,17H2. The average molecular weight is 301 g/mol. The first-order valence-corrected chi connectivity index (χ1v) is 8.01. The summed E-state index contributed by atoms with van der Waals surface area (Å²) in [7, 11) is 0. The van der Waals surface area contributed by atoms with Crippen LogP contribution >= 0.6 is 11.3 Å². The molecular formula is C16H19N3OS. The molecule has 0 aliphatic carbocycles. The predicted octanol–water partition coefficient (Wildman–Crippen LogP) is 2.10. The summed E-state index contributed by atoms with van der Waals surface area (Å²) in [5, 5.41) is 3.35. The van der Waals surface area contributed by atoms with E-state index in [-0.39, 0.29) is 5.91 Å². The van der Waals surface area contributed by atoms with Gasteiger partial charge in [-0.25, -0.2) is 0 Å². The molecule has 0 bridgehead atoms. The van der Waals surface area contributed by atoms with Gasteiger partial charge >= 0.3 is 0 Å². The molecule has 1 amide bonds. The smallest absolute Gasteiger partial charge is 0.244 e. The molecule has 2 N–H and O–H groups in total. The molecule has 1 aromatic heterocycles. The van der Waals surface area contributed by atoms with E-state index in [0.717, 1.165) is 31.7 Å². The van der Waals surface area contributed by atoms with Gasteiger partial charge in [-0.3, -0.25) is 4.79 Å². The van der Waals surface area contributed by atoms with Crippen molar-refractivity contribution >= 4 is 22.2 Å². The molecule has 1 aliphatic heterocycles. The van der Waals surface area contributed by atoms with E-state index in [2.05, 4.69) is 22.4 Å². The highest BCUT2D eigenvalue weighted by Crippen LogP contribution is 2.23. The molecule has 1 aromatic carbocycles. The van der Waals surface area contributed by atoms with Crippen LogP contribution in [0.1, 0.15) is 11.6 Å². The summed E-state index contributed by atoms with van der Waals surface area (Å²) in [5.74, 6) is 0.0204. The largest absolute Gasteiger partial charge is 0.360 e. The quantitative estimate of drug-likeness (QED) is 0.944. The second-order valence-electron chi connectivity index (χ2n) is 5.15. The third-order valence-corrected chi connectivity index (χ3v) is 4.76. The van der Waals surface area contributed by atoms with Crippen molar-refractivity contribution in [3.63, 3.8) is 0 Å². The van der Waals surface area contributed by atoms with Crippen molar-refractivity contribution in [3.8, 4) is 0 Å². The van der Waals surface area contributed by atoms with Gasteiger partial charge in [0.1, 0.15) is 6.04 Å². The van der Waals surface area contributed by atoms with Crippen molar-refractivity contribution in [1.29, 1.82) is 0 Å². The molecule has 1 aliphatic rings. The second kappa shape index (κ2) is 6.28. The fourth-order valence-electron chi connectivity index (χ4n) is 2.60. The molecule has 4 nitrogen and oxygen atoms in total. The van der Waals surface area contributed by atoms with Gasteiger partial charge in [0, 0.05) is 26.2 Å². The van der Waals surface area contributed by atoms with Crippen LogP contribution in [0.25, 0.3) is 0 Å². The Morgan fingerprint density at radius 2 is 1.76 bits per heavy atom. The van der Waals surface area contributed by atoms with E-state index in [1.807, 2.05) is 35.2 Å². The Bertz CT molecular complexity index is 577. The maximum absolute atomic E-state index is 12.5. The molecule has 1 saturated heterocycles. The van der Waals surface area contributed by atoms with Gasteiger partial charge in [-0.15, -0.1) is 11.3 Å². The Hall–Kier alpha value is -1.85. The predicted molar refractivity (Wildman–Crippen MR) is 86.5 cm³/mol. The van der Waals surface area contributed by atoms with Gasteiger partial charge in [-0.05, 0) is 23.1 Å². The van der Waals surface area contributed by atoms with Crippen LogP contribution in [0.4, 0.5) is 5.00 Å². The number of rotatable bonds is 3. The number of carbonyl (C=O) groups is 1. The molecule has 1 unspecified atom stereocenters. The number of benzene rings is 1. The highest BCUT2D eigenvalue weighted by atomic mass is 32.1. The number of hydrogen-bond donors (Lipinski definition) is 1. The lowest BCUT2D eigenvalue weighted by atomic mass is 10.1. The summed E-state index contributed by atoms with van der Waals surface area (Å²) >= 11 is 1.74. The number of nitrogens with two attached hydrogens (primary N) is 1. The molecule has 110 valence electrons. The maximum atomic E-state index is 12.5. The fraction of sp³-hybridized carbons (Fsp3) is 0.312. The minimum atomic E-state index is -0.556. The van der Waals surface area contributed by atoms with E-state index in [1.54, 1.807) is 11.3 Å². The van der Waals surface area contributed by atoms with Crippen molar-refractivity contribution in [3.05, 3.63) is 53.4 Å². The van der Waals surface area contributed by atoms with Gasteiger partial charge in [0.05, 0.1) is 5.00 Å². The molecule has 1 atom stereocenters. The summed E-state index contributed by atoms with van der Waals surface area (Å²) in [6.07, 6.45) is 0. The number of hydrogen-bond acceptors (Lipinski definition) is 4. The normalized spacial score (nSPS) is 16.8. The first-order chi connectivity index (χ1) is 10.3. The first-order valence-electron chi connectivity index (χ1n) is 7.13. The summed E-state index contributed by atoms with van der Waals surface area (Å²) in [6.45, 7) is 3.20. The van der Waals surface area contributed by atoms with E-state index in [4.69, 9.17) is 5.73 Å². The number of anilines is 1. The third kappa shape index (κ3) is 3.09. The summed E-state index contributed by atoms with van der Waals surface area (Å²) in [5.41, 5.74) is 6.97. The van der Waals surface area contributed by atoms with Gasteiger partial charge in [-0.2, -0.15) is 0 Å². The molecule has 21 heavy (non-hydrogen) atoms. The minimum Gasteiger partial charge on any atom is -0.360 e. The zero-order valence-electron chi connectivity index (χ0n) is 11.8. The van der Waals surface area contributed by atoms with Crippen LogP contribution in [0.15, 0.2) is 47.8 Å². The van der Waals surface area contributed by atoms with Crippen LogP contribution in [0.3, 0.4) is 0 Å². The van der Waals surface area contributed by atoms with E-state index < -0.39 is 6.04 Å². The van der Waals surface area contributed by atoms with Crippen molar-refractivity contribution < 1.29 is 4.79 Å². The van der Waals surface area contributed by atoms with E-state index in [1.165, 1.54) is 5.00 Å². The van der Waals surface area contributed by atoms with Crippen molar-refractivity contribution in [2.45, 2.75) is 6.04 Å². The molecule has 0 saturated carbocycles. The lowest BCUT2D eigenvalue weighted by molar-refractivity contribution is -0.133. The number of piperazine rings is 1. The summed E-state index contributed by atoms with van der Waals surface area (Å²) < 4.78 is 0. The van der Waals surface area contributed by atoms with Gasteiger partial charge in [0.25, 0.3) is 0 Å². The highest BCUT2D eigenvalue weighted by molar-refractivity contribution is 7.14. The van der Waals surface area contributed by atoms with Gasteiger partial charge in [0.2, 0.25) is 5.91 Å². The molecular weight excluding hydrogens is 282 g/mol. The van der Waals surface area contributed by atoms with Gasteiger partial charge in [-0.1, -0.05) is 30.3 Å². The number of thiophene rings is 1. The second-order valence-corrected chi connectivity index (χ2v) is 6.08. The van der Waals surface area contributed by atoms with Crippen LogP contribution in [0.5, 0.6) is 0 Å². The molecule has 1 fully saturated rings. The molecule has 0 radical (unpaired) electrons. The van der Waals surface area contributed by atoms with E-state index >= 15 is 0 Å². The lowest BCUT2D eigenvalue weighted by Crippen LogP contribution is -2.51. The van der Waals surface area contributed by atoms with E-state index in [0.29, 0.717) is 0 Å². The van der Waals surface area contributed by atoms with Gasteiger partial charge < -0.3 is 15.5 Å². The summed E-state index contributed by atoms with van der Waals surface area (Å²) in [4.78, 5) is 16.7. The monoisotopic (exact) mass is 301 g/mol. The SMILES string of the molecule is NC(C(=O)N1CCN(c2cccs2)CC1)c1ccccc1. The van der Waals surface area contributed by atoms with Crippen LogP contribution in [-0.2, 0) is 4.79 Å². The van der Waals surface area contributed by atoms with Crippen LogP contribution < -0.4 is 10.6 Å². The number of nitrogens with zero attached hydrogens (tertiary/aromatic N) is 2.